The molecule has 1 fully saturated rings. The van der Waals surface area contributed by atoms with E-state index in [4.69, 9.17) is 14.6 Å². The minimum Gasteiger partial charge on any atom is -0.490 e. The first-order chi connectivity index (χ1) is 19.8. The van der Waals surface area contributed by atoms with Crippen LogP contribution in [0.15, 0.2) is 84.4 Å². The van der Waals surface area contributed by atoms with E-state index in [2.05, 4.69) is 27.9 Å². The molecule has 4 aromatic rings. The first-order valence-electron chi connectivity index (χ1n) is 12.6. The van der Waals surface area contributed by atoms with Gasteiger partial charge >= 0.3 is 12.0 Å². The highest BCUT2D eigenvalue weighted by atomic mass is 127. The van der Waals surface area contributed by atoms with E-state index in [9.17, 15) is 19.2 Å². The van der Waals surface area contributed by atoms with Crippen molar-refractivity contribution in [3.8, 4) is 11.5 Å². The minimum atomic E-state index is -1.15. The van der Waals surface area contributed by atoms with Crippen LogP contribution in [0.3, 0.4) is 0 Å². The predicted octanol–water partition coefficient (Wildman–Crippen LogP) is 5.79. The van der Waals surface area contributed by atoms with Crippen LogP contribution in [-0.2, 0) is 16.2 Å². The Morgan fingerprint density at radius 1 is 0.976 bits per heavy atom. The van der Waals surface area contributed by atoms with E-state index >= 15 is 0 Å². The monoisotopic (exact) mass is 662 g/mol. The summed E-state index contributed by atoms with van der Waals surface area (Å²) in [5.41, 5.74) is 1.35. The van der Waals surface area contributed by atoms with Crippen LogP contribution in [0, 0.1) is 3.57 Å². The van der Waals surface area contributed by atoms with Crippen LogP contribution in [0.2, 0.25) is 0 Å². The molecule has 10 heteroatoms. The number of rotatable bonds is 8. The van der Waals surface area contributed by atoms with Crippen molar-refractivity contribution in [3.05, 3.63) is 105 Å². The number of carbonyl (C=O) groups is 4. The number of benzene rings is 4. The number of carbonyl (C=O) groups excluding carboxylic acids is 3. The van der Waals surface area contributed by atoms with Gasteiger partial charge in [0.2, 0.25) is 0 Å². The first-order valence-corrected chi connectivity index (χ1v) is 13.6. The summed E-state index contributed by atoms with van der Waals surface area (Å²) in [5, 5.41) is 13.5. The predicted molar refractivity (Wildman–Crippen MR) is 161 cm³/mol. The van der Waals surface area contributed by atoms with Gasteiger partial charge in [0.25, 0.3) is 11.8 Å². The molecule has 0 atom stereocenters. The second kappa shape index (κ2) is 11.8. The second-order valence-corrected chi connectivity index (χ2v) is 10.2. The Morgan fingerprint density at radius 3 is 2.44 bits per heavy atom. The molecule has 2 N–H and O–H groups in total. The van der Waals surface area contributed by atoms with Gasteiger partial charge in [0.15, 0.2) is 11.5 Å². The van der Waals surface area contributed by atoms with Crippen LogP contribution in [0.4, 0.5) is 10.5 Å². The highest BCUT2D eigenvalue weighted by molar-refractivity contribution is 14.1. The SMILES string of the molecule is CCOc1cc(/C=C2\C(=O)NC(=O)N(c3ccc(C(=O)O)cc3)C2=O)cc(I)c1OCc1cccc2ccccc12. The van der Waals surface area contributed by atoms with Gasteiger partial charge < -0.3 is 14.6 Å². The molecule has 1 heterocycles. The van der Waals surface area contributed by atoms with E-state index in [1.165, 1.54) is 30.3 Å². The van der Waals surface area contributed by atoms with E-state index in [0.717, 1.165) is 21.2 Å². The van der Waals surface area contributed by atoms with Crippen molar-refractivity contribution in [1.29, 1.82) is 0 Å². The fraction of sp³-hybridized carbons (Fsp3) is 0.0968. The molecule has 0 radical (unpaired) electrons. The van der Waals surface area contributed by atoms with E-state index in [1.807, 2.05) is 49.4 Å². The van der Waals surface area contributed by atoms with E-state index in [1.54, 1.807) is 12.1 Å². The van der Waals surface area contributed by atoms with Gasteiger partial charge in [-0.15, -0.1) is 0 Å². The number of anilines is 1. The number of nitrogens with zero attached hydrogens (tertiary/aromatic N) is 1. The third-order valence-corrected chi connectivity index (χ3v) is 7.17. The summed E-state index contributed by atoms with van der Waals surface area (Å²) in [7, 11) is 0. The van der Waals surface area contributed by atoms with Gasteiger partial charge in [0.1, 0.15) is 12.2 Å². The molecule has 1 aliphatic heterocycles. The number of hydrogen-bond donors (Lipinski definition) is 2. The number of halogens is 1. The highest BCUT2D eigenvalue weighted by Gasteiger charge is 2.37. The highest BCUT2D eigenvalue weighted by Crippen LogP contribution is 2.36. The molecular weight excluding hydrogens is 639 g/mol. The van der Waals surface area contributed by atoms with Crippen LogP contribution in [-0.4, -0.2) is 35.5 Å². The Morgan fingerprint density at radius 2 is 1.71 bits per heavy atom. The van der Waals surface area contributed by atoms with Gasteiger partial charge in [-0.1, -0.05) is 42.5 Å². The maximum Gasteiger partial charge on any atom is 0.335 e. The molecule has 9 nitrogen and oxygen atoms in total. The van der Waals surface area contributed by atoms with Crippen molar-refractivity contribution in [2.24, 2.45) is 0 Å². The third-order valence-electron chi connectivity index (χ3n) is 6.37. The van der Waals surface area contributed by atoms with E-state index in [0.29, 0.717) is 33.8 Å². The van der Waals surface area contributed by atoms with Crippen LogP contribution < -0.4 is 19.7 Å². The lowest BCUT2D eigenvalue weighted by atomic mass is 10.1. The molecule has 4 aromatic carbocycles. The fourth-order valence-corrected chi connectivity index (χ4v) is 5.24. The van der Waals surface area contributed by atoms with Gasteiger partial charge in [-0.2, -0.15) is 0 Å². The number of aromatic carboxylic acids is 1. The van der Waals surface area contributed by atoms with Gasteiger partial charge in [-0.25, -0.2) is 14.5 Å². The zero-order chi connectivity index (χ0) is 29.1. The zero-order valence-electron chi connectivity index (χ0n) is 21.7. The number of imide groups is 2. The van der Waals surface area contributed by atoms with Crippen molar-refractivity contribution < 1.29 is 33.8 Å². The molecule has 5 rings (SSSR count). The number of nitrogens with one attached hydrogen (secondary N) is 1. The molecule has 0 aromatic heterocycles. The smallest absolute Gasteiger partial charge is 0.335 e. The maximum atomic E-state index is 13.3. The molecule has 1 saturated heterocycles. The molecule has 0 aliphatic carbocycles. The van der Waals surface area contributed by atoms with Gasteiger partial charge in [0.05, 0.1) is 21.4 Å². The quantitative estimate of drug-likeness (QED) is 0.139. The lowest BCUT2D eigenvalue weighted by Crippen LogP contribution is -2.54. The summed E-state index contributed by atoms with van der Waals surface area (Å²) in [5.74, 6) is -1.87. The standard InChI is InChI=1S/C31H23IN2O7/c1-2-40-26-16-18(15-25(32)27(26)41-17-21-8-5-7-19-6-3-4-9-23(19)21)14-24-28(35)33-31(39)34(29(24)36)22-12-10-20(11-13-22)30(37)38/h3-16H,2,17H2,1H3,(H,37,38)(H,33,35,39)/b24-14+. The molecule has 206 valence electrons. The first kappa shape index (κ1) is 27.8. The summed E-state index contributed by atoms with van der Waals surface area (Å²) in [4.78, 5) is 50.5. The van der Waals surface area contributed by atoms with E-state index in [-0.39, 0.29) is 16.8 Å². The molecular formula is C31H23IN2O7. The molecule has 4 amide bonds. The van der Waals surface area contributed by atoms with Crippen molar-refractivity contribution in [2.75, 3.05) is 11.5 Å². The van der Waals surface area contributed by atoms with Gasteiger partial charge in [-0.05, 0) is 93.9 Å². The number of hydrogen-bond acceptors (Lipinski definition) is 6. The number of carboxylic acids is 1. The summed E-state index contributed by atoms with van der Waals surface area (Å²) in [6.07, 6.45) is 1.38. The third kappa shape index (κ3) is 5.78. The van der Waals surface area contributed by atoms with E-state index < -0.39 is 23.8 Å². The van der Waals surface area contributed by atoms with Crippen molar-refractivity contribution in [2.45, 2.75) is 13.5 Å². The number of amides is 4. The number of carboxylic acid groups (broad SMARTS) is 1. The molecule has 1 aliphatic rings. The minimum absolute atomic E-state index is 0.00810. The van der Waals surface area contributed by atoms with Gasteiger partial charge in [0, 0.05) is 0 Å². The van der Waals surface area contributed by atoms with Crippen LogP contribution in [0.1, 0.15) is 28.4 Å². The number of urea groups is 1. The Hall–Kier alpha value is -4.71. The number of ether oxygens (including phenoxy) is 2. The van der Waals surface area contributed by atoms with Crippen molar-refractivity contribution in [3.63, 3.8) is 0 Å². The Kier molecular flexibility index (Phi) is 8.02. The summed E-state index contributed by atoms with van der Waals surface area (Å²) < 4.78 is 12.8. The lowest BCUT2D eigenvalue weighted by molar-refractivity contribution is -0.122. The number of barbiturate groups is 1. The average Bonchev–Trinajstić information content (AvgIpc) is 2.95. The summed E-state index contributed by atoms with van der Waals surface area (Å²) in [6, 6.07) is 21.7. The number of fused-ring (bicyclic) bond motifs is 1. The lowest BCUT2D eigenvalue weighted by Gasteiger charge is -2.26. The molecule has 0 bridgehead atoms. The molecule has 0 spiro atoms. The Labute approximate surface area is 248 Å². The maximum absolute atomic E-state index is 13.3. The average molecular weight is 662 g/mol. The largest absolute Gasteiger partial charge is 0.490 e. The normalized spacial score (nSPS) is 14.3. The van der Waals surface area contributed by atoms with Crippen molar-refractivity contribution >= 4 is 68.9 Å². The molecule has 41 heavy (non-hydrogen) atoms. The van der Waals surface area contributed by atoms with Crippen LogP contribution in [0.25, 0.3) is 16.8 Å². The fourth-order valence-electron chi connectivity index (χ4n) is 4.45. The Bertz CT molecular complexity index is 1730. The summed E-state index contributed by atoms with van der Waals surface area (Å²) in [6.45, 7) is 2.50. The molecule has 0 saturated carbocycles. The van der Waals surface area contributed by atoms with Gasteiger partial charge in [-0.3, -0.25) is 14.9 Å². The zero-order valence-corrected chi connectivity index (χ0v) is 23.9. The second-order valence-electron chi connectivity index (χ2n) is 9.00. The van der Waals surface area contributed by atoms with Crippen LogP contribution in [0.5, 0.6) is 11.5 Å². The molecule has 0 unspecified atom stereocenters. The Balaban J connectivity index is 1.45. The van der Waals surface area contributed by atoms with Crippen molar-refractivity contribution in [1.82, 2.24) is 5.32 Å². The van der Waals surface area contributed by atoms with Crippen LogP contribution >= 0.6 is 22.6 Å². The summed E-state index contributed by atoms with van der Waals surface area (Å²) >= 11 is 2.11. The topological polar surface area (TPSA) is 122 Å².